The lowest BCUT2D eigenvalue weighted by atomic mass is 10.2. The molecule has 3 rings (SSSR count). The Balaban J connectivity index is 1.67. The van der Waals surface area contributed by atoms with E-state index in [9.17, 15) is 9.18 Å². The van der Waals surface area contributed by atoms with Crippen LogP contribution in [0.25, 0.3) is 0 Å². The van der Waals surface area contributed by atoms with Crippen molar-refractivity contribution in [3.63, 3.8) is 0 Å². The minimum atomic E-state index is -0.343. The van der Waals surface area contributed by atoms with E-state index in [1.165, 1.54) is 37.1 Å². The average molecular weight is 280 g/mol. The molecule has 1 aliphatic carbocycles. The molecule has 0 unspecified atom stereocenters. The third-order valence-electron chi connectivity index (χ3n) is 3.10. The Morgan fingerprint density at radius 3 is 2.57 bits per heavy atom. The summed E-state index contributed by atoms with van der Waals surface area (Å²) in [5, 5.41) is 2.66. The summed E-state index contributed by atoms with van der Waals surface area (Å²) < 4.78 is 12.8. The van der Waals surface area contributed by atoms with Gasteiger partial charge >= 0.3 is 0 Å². The van der Waals surface area contributed by atoms with Crippen LogP contribution in [-0.4, -0.2) is 10.9 Å². The van der Waals surface area contributed by atoms with Gasteiger partial charge in [-0.3, -0.25) is 4.79 Å². The average Bonchev–Trinajstić information content (AvgIpc) is 3.32. The van der Waals surface area contributed by atoms with Gasteiger partial charge in [0.1, 0.15) is 11.5 Å². The summed E-state index contributed by atoms with van der Waals surface area (Å²) in [6, 6.07) is 9.00. The molecule has 0 bridgehead atoms. The Bertz CT molecular complexity index is 707. The highest BCUT2D eigenvalue weighted by molar-refractivity contribution is 6.02. The lowest BCUT2D eigenvalue weighted by Crippen LogP contribution is -2.13. The molecule has 0 aliphatic heterocycles. The summed E-state index contributed by atoms with van der Waals surface area (Å²) in [5.74, 6) is 6.04. The van der Waals surface area contributed by atoms with E-state index in [2.05, 4.69) is 22.1 Å². The molecule has 1 aromatic carbocycles. The number of nitrogens with zero attached hydrogens (tertiary/aromatic N) is 1. The second kappa shape index (κ2) is 5.76. The van der Waals surface area contributed by atoms with E-state index in [1.54, 1.807) is 18.3 Å². The molecular weight excluding hydrogens is 267 g/mol. The van der Waals surface area contributed by atoms with Gasteiger partial charge in [-0.1, -0.05) is 11.8 Å². The predicted molar refractivity (Wildman–Crippen MR) is 78.2 cm³/mol. The molecule has 3 nitrogen and oxygen atoms in total. The highest BCUT2D eigenvalue weighted by atomic mass is 19.1. The number of halogens is 1. The zero-order valence-electron chi connectivity index (χ0n) is 11.3. The van der Waals surface area contributed by atoms with Crippen molar-refractivity contribution >= 4 is 11.6 Å². The van der Waals surface area contributed by atoms with Crippen LogP contribution in [-0.2, 0) is 0 Å². The predicted octanol–water partition coefficient (Wildman–Crippen LogP) is 3.23. The summed E-state index contributed by atoms with van der Waals surface area (Å²) in [6.45, 7) is 0. The summed E-state index contributed by atoms with van der Waals surface area (Å²) >= 11 is 0. The maximum Gasteiger partial charge on any atom is 0.274 e. The number of carbonyl (C=O) groups is 1. The third-order valence-corrected chi connectivity index (χ3v) is 3.10. The quantitative estimate of drug-likeness (QED) is 0.858. The van der Waals surface area contributed by atoms with Crippen LogP contribution in [0, 0.1) is 23.6 Å². The van der Waals surface area contributed by atoms with Crippen LogP contribution < -0.4 is 5.32 Å². The van der Waals surface area contributed by atoms with E-state index in [1.807, 2.05) is 0 Å². The molecule has 2 aromatic rings. The molecule has 0 spiro atoms. The van der Waals surface area contributed by atoms with Gasteiger partial charge in [-0.15, -0.1) is 0 Å². The fraction of sp³-hybridized carbons (Fsp3) is 0.176. The van der Waals surface area contributed by atoms with Gasteiger partial charge in [-0.25, -0.2) is 9.37 Å². The minimum absolute atomic E-state index is 0.302. The zero-order valence-corrected chi connectivity index (χ0v) is 11.3. The standard InChI is InChI=1S/C17H13FN2O/c18-14-6-8-15(9-7-14)20-17(21)16-10-5-13(11-19-16)4-3-12-1-2-12/h5-12H,1-2H2,(H,20,21). The lowest BCUT2D eigenvalue weighted by Gasteiger charge is -2.04. The minimum Gasteiger partial charge on any atom is -0.321 e. The van der Waals surface area contributed by atoms with Crippen molar-refractivity contribution in [2.24, 2.45) is 5.92 Å². The molecule has 1 aromatic heterocycles. The molecule has 1 amide bonds. The topological polar surface area (TPSA) is 42.0 Å². The van der Waals surface area contributed by atoms with Gasteiger partial charge in [-0.2, -0.15) is 0 Å². The first-order valence-corrected chi connectivity index (χ1v) is 6.75. The van der Waals surface area contributed by atoms with E-state index in [0.717, 1.165) is 5.56 Å². The lowest BCUT2D eigenvalue weighted by molar-refractivity contribution is 0.102. The van der Waals surface area contributed by atoms with Crippen molar-refractivity contribution in [1.29, 1.82) is 0 Å². The van der Waals surface area contributed by atoms with Crippen molar-refractivity contribution in [2.75, 3.05) is 5.32 Å². The van der Waals surface area contributed by atoms with Crippen LogP contribution in [0.2, 0.25) is 0 Å². The van der Waals surface area contributed by atoms with E-state index in [-0.39, 0.29) is 11.7 Å². The first kappa shape index (κ1) is 13.3. The maximum atomic E-state index is 12.8. The summed E-state index contributed by atoms with van der Waals surface area (Å²) in [7, 11) is 0. The molecule has 1 heterocycles. The molecule has 1 saturated carbocycles. The molecule has 104 valence electrons. The molecule has 4 heteroatoms. The van der Waals surface area contributed by atoms with Gasteiger partial charge in [0.2, 0.25) is 0 Å². The number of aromatic nitrogens is 1. The highest BCUT2D eigenvalue weighted by Gasteiger charge is 2.17. The van der Waals surface area contributed by atoms with Crippen molar-refractivity contribution in [2.45, 2.75) is 12.8 Å². The third kappa shape index (κ3) is 3.67. The van der Waals surface area contributed by atoms with Crippen molar-refractivity contribution in [3.05, 3.63) is 59.7 Å². The molecule has 21 heavy (non-hydrogen) atoms. The highest BCUT2D eigenvalue weighted by Crippen LogP contribution is 2.27. The van der Waals surface area contributed by atoms with Gasteiger partial charge < -0.3 is 5.32 Å². The van der Waals surface area contributed by atoms with E-state index in [0.29, 0.717) is 17.3 Å². The van der Waals surface area contributed by atoms with E-state index in [4.69, 9.17) is 0 Å². The fourth-order valence-electron chi connectivity index (χ4n) is 1.74. The van der Waals surface area contributed by atoms with E-state index < -0.39 is 0 Å². The molecule has 1 fully saturated rings. The van der Waals surface area contributed by atoms with Gasteiger partial charge in [0, 0.05) is 23.4 Å². The number of anilines is 1. The normalized spacial score (nSPS) is 13.2. The molecule has 0 radical (unpaired) electrons. The molecule has 0 saturated heterocycles. The largest absolute Gasteiger partial charge is 0.321 e. The van der Waals surface area contributed by atoms with Gasteiger partial charge in [0.15, 0.2) is 0 Å². The fourth-order valence-corrected chi connectivity index (χ4v) is 1.74. The first-order chi connectivity index (χ1) is 10.2. The molecule has 1 aliphatic rings. The first-order valence-electron chi connectivity index (χ1n) is 6.75. The van der Waals surface area contributed by atoms with Crippen molar-refractivity contribution in [1.82, 2.24) is 4.98 Å². The molecular formula is C17H13FN2O. The number of nitrogens with one attached hydrogen (secondary N) is 1. The van der Waals surface area contributed by atoms with Crippen molar-refractivity contribution < 1.29 is 9.18 Å². The Morgan fingerprint density at radius 2 is 1.95 bits per heavy atom. The number of pyridine rings is 1. The summed E-state index contributed by atoms with van der Waals surface area (Å²) in [5.41, 5.74) is 1.64. The smallest absolute Gasteiger partial charge is 0.274 e. The number of carbonyl (C=O) groups excluding carboxylic acids is 1. The van der Waals surface area contributed by atoms with Crippen LogP contribution in [0.4, 0.5) is 10.1 Å². The second-order valence-electron chi connectivity index (χ2n) is 4.94. The Hall–Kier alpha value is -2.67. The zero-order chi connectivity index (χ0) is 14.7. The Kier molecular flexibility index (Phi) is 3.65. The van der Waals surface area contributed by atoms with Crippen molar-refractivity contribution in [3.8, 4) is 11.8 Å². The van der Waals surface area contributed by atoms with Gasteiger partial charge in [-0.05, 0) is 49.2 Å². The maximum absolute atomic E-state index is 12.8. The molecule has 1 N–H and O–H groups in total. The van der Waals surface area contributed by atoms with Crippen LogP contribution in [0.5, 0.6) is 0 Å². The molecule has 0 atom stereocenters. The van der Waals surface area contributed by atoms with Gasteiger partial charge in [0.05, 0.1) is 0 Å². The number of amides is 1. The van der Waals surface area contributed by atoms with Crippen LogP contribution in [0.15, 0.2) is 42.6 Å². The number of hydrogen-bond acceptors (Lipinski definition) is 2. The van der Waals surface area contributed by atoms with Crippen LogP contribution in [0.3, 0.4) is 0 Å². The summed E-state index contributed by atoms with van der Waals surface area (Å²) in [6.07, 6.45) is 3.95. The summed E-state index contributed by atoms with van der Waals surface area (Å²) in [4.78, 5) is 16.1. The van der Waals surface area contributed by atoms with Gasteiger partial charge in [0.25, 0.3) is 5.91 Å². The Morgan fingerprint density at radius 1 is 1.19 bits per heavy atom. The SMILES string of the molecule is O=C(Nc1ccc(F)cc1)c1ccc(C#CC2CC2)cn1. The Labute approximate surface area is 122 Å². The monoisotopic (exact) mass is 280 g/mol. The van der Waals surface area contributed by atoms with E-state index >= 15 is 0 Å². The van der Waals surface area contributed by atoms with Crippen LogP contribution >= 0.6 is 0 Å². The van der Waals surface area contributed by atoms with Crippen LogP contribution in [0.1, 0.15) is 28.9 Å². The number of hydrogen-bond donors (Lipinski definition) is 1. The second-order valence-corrected chi connectivity index (χ2v) is 4.94. The number of rotatable bonds is 2. The number of benzene rings is 1.